The van der Waals surface area contributed by atoms with Crippen LogP contribution in [-0.2, 0) is 4.79 Å². The van der Waals surface area contributed by atoms with Gasteiger partial charge >= 0.3 is 0 Å². The lowest BCUT2D eigenvalue weighted by molar-refractivity contribution is -0.127. The number of rotatable bonds is 6. The van der Waals surface area contributed by atoms with E-state index in [0.29, 0.717) is 37.4 Å². The first-order valence-electron chi connectivity index (χ1n) is 11.3. The van der Waals surface area contributed by atoms with Gasteiger partial charge in [-0.3, -0.25) is 9.59 Å². The zero-order valence-corrected chi connectivity index (χ0v) is 19.4. The number of anilines is 2. The first kappa shape index (κ1) is 22.9. The maximum absolute atomic E-state index is 13.3. The van der Waals surface area contributed by atoms with Crippen molar-refractivity contribution in [1.29, 1.82) is 0 Å². The minimum atomic E-state index is -0.0198. The van der Waals surface area contributed by atoms with E-state index in [-0.39, 0.29) is 23.8 Å². The van der Waals surface area contributed by atoms with Crippen molar-refractivity contribution >= 4 is 23.2 Å². The number of hydrogen-bond acceptors (Lipinski definition) is 3. The monoisotopic (exact) mass is 421 g/mol. The Morgan fingerprint density at radius 3 is 2.26 bits per heavy atom. The molecule has 1 atom stereocenters. The van der Waals surface area contributed by atoms with E-state index in [2.05, 4.69) is 44.4 Å². The molecule has 1 fully saturated rings. The molecule has 1 saturated heterocycles. The van der Waals surface area contributed by atoms with E-state index in [1.807, 2.05) is 48.2 Å². The Balaban J connectivity index is 1.67. The van der Waals surface area contributed by atoms with Gasteiger partial charge in [0.25, 0.3) is 5.91 Å². The van der Waals surface area contributed by atoms with Crippen molar-refractivity contribution in [1.82, 2.24) is 10.2 Å². The van der Waals surface area contributed by atoms with Gasteiger partial charge in [0.05, 0.1) is 11.3 Å². The Hall–Kier alpha value is -2.82. The van der Waals surface area contributed by atoms with Crippen molar-refractivity contribution in [2.45, 2.75) is 53.5 Å². The Morgan fingerprint density at radius 1 is 0.935 bits per heavy atom. The van der Waals surface area contributed by atoms with Crippen molar-refractivity contribution in [2.75, 3.05) is 18.4 Å². The first-order chi connectivity index (χ1) is 14.8. The van der Waals surface area contributed by atoms with Gasteiger partial charge in [-0.25, -0.2) is 0 Å². The van der Waals surface area contributed by atoms with E-state index in [1.165, 1.54) is 11.1 Å². The van der Waals surface area contributed by atoms with Crippen molar-refractivity contribution in [3.8, 4) is 0 Å². The zero-order chi connectivity index (χ0) is 22.5. The fourth-order valence-corrected chi connectivity index (χ4v) is 3.83. The number of aryl methyl sites for hydroxylation is 1. The van der Waals surface area contributed by atoms with Crippen LogP contribution in [-0.4, -0.2) is 35.8 Å². The normalized spacial score (nSPS) is 15.6. The van der Waals surface area contributed by atoms with Crippen LogP contribution in [0.3, 0.4) is 0 Å². The summed E-state index contributed by atoms with van der Waals surface area (Å²) in [6.45, 7) is 11.6. The maximum Gasteiger partial charge on any atom is 0.255 e. The summed E-state index contributed by atoms with van der Waals surface area (Å²) >= 11 is 0. The standard InChI is InChI=1S/C26H35N3O2/c1-17(2)20(5)27-25(30)21-13-15-29(16-14-21)26(31)22-10-6-7-11-24(22)28-23-12-8-9-18(3)19(23)4/h6-12,17,20-21,28H,13-16H2,1-5H3,(H,27,30). The molecule has 0 spiro atoms. The second-order valence-corrected chi connectivity index (χ2v) is 9.03. The molecule has 2 aromatic carbocycles. The molecule has 2 aromatic rings. The van der Waals surface area contributed by atoms with E-state index in [1.54, 1.807) is 0 Å². The number of nitrogens with one attached hydrogen (secondary N) is 2. The van der Waals surface area contributed by atoms with Crippen LogP contribution in [0, 0.1) is 25.7 Å². The van der Waals surface area contributed by atoms with Gasteiger partial charge in [-0.05, 0) is 68.9 Å². The SMILES string of the molecule is Cc1cccc(Nc2ccccc2C(=O)N2CCC(C(=O)NC(C)C(C)C)CC2)c1C. The second-order valence-electron chi connectivity index (χ2n) is 9.03. The zero-order valence-electron chi connectivity index (χ0n) is 19.4. The molecule has 0 aliphatic carbocycles. The smallest absolute Gasteiger partial charge is 0.255 e. The summed E-state index contributed by atoms with van der Waals surface area (Å²) in [6.07, 6.45) is 1.41. The lowest BCUT2D eigenvalue weighted by Crippen LogP contribution is -2.45. The number of amides is 2. The molecule has 0 radical (unpaired) electrons. The lowest BCUT2D eigenvalue weighted by Gasteiger charge is -2.32. The molecule has 5 heteroatoms. The summed E-state index contributed by atoms with van der Waals surface area (Å²) in [6, 6.07) is 14.0. The Morgan fingerprint density at radius 2 is 1.58 bits per heavy atom. The molecule has 5 nitrogen and oxygen atoms in total. The van der Waals surface area contributed by atoms with Crippen LogP contribution in [0.15, 0.2) is 42.5 Å². The molecule has 2 N–H and O–H groups in total. The Labute approximate surface area is 186 Å². The highest BCUT2D eigenvalue weighted by atomic mass is 16.2. The van der Waals surface area contributed by atoms with Gasteiger partial charge in [-0.15, -0.1) is 0 Å². The van der Waals surface area contributed by atoms with Gasteiger partial charge in [-0.1, -0.05) is 38.1 Å². The van der Waals surface area contributed by atoms with Crippen molar-refractivity contribution in [2.24, 2.45) is 11.8 Å². The average molecular weight is 422 g/mol. The minimum Gasteiger partial charge on any atom is -0.355 e. The molecule has 0 aromatic heterocycles. The molecule has 166 valence electrons. The summed E-state index contributed by atoms with van der Waals surface area (Å²) in [7, 11) is 0. The maximum atomic E-state index is 13.3. The van der Waals surface area contributed by atoms with Gasteiger partial charge < -0.3 is 15.5 Å². The van der Waals surface area contributed by atoms with E-state index in [4.69, 9.17) is 0 Å². The van der Waals surface area contributed by atoms with Gasteiger partial charge in [-0.2, -0.15) is 0 Å². The number of hydrogen-bond donors (Lipinski definition) is 2. The average Bonchev–Trinajstić information content (AvgIpc) is 2.76. The molecule has 1 aliphatic rings. The van der Waals surface area contributed by atoms with Gasteiger partial charge in [0, 0.05) is 30.7 Å². The van der Waals surface area contributed by atoms with Gasteiger partial charge in [0.15, 0.2) is 0 Å². The predicted molar refractivity (Wildman–Crippen MR) is 127 cm³/mol. The highest BCUT2D eigenvalue weighted by Gasteiger charge is 2.29. The topological polar surface area (TPSA) is 61.4 Å². The predicted octanol–water partition coefficient (Wildman–Crippen LogP) is 5.06. The molecule has 1 aliphatic heterocycles. The molecule has 31 heavy (non-hydrogen) atoms. The van der Waals surface area contributed by atoms with Crippen LogP contribution in [0.1, 0.15) is 55.1 Å². The number of carbonyl (C=O) groups excluding carboxylic acids is 2. The molecular formula is C26H35N3O2. The number of para-hydroxylation sites is 1. The molecule has 0 saturated carbocycles. The third kappa shape index (κ3) is 5.46. The van der Waals surface area contributed by atoms with Gasteiger partial charge in [0.1, 0.15) is 0 Å². The largest absolute Gasteiger partial charge is 0.355 e. The Bertz CT molecular complexity index is 930. The molecule has 2 amide bonds. The second kappa shape index (κ2) is 9.99. The van der Waals surface area contributed by atoms with Crippen LogP contribution in [0.4, 0.5) is 11.4 Å². The van der Waals surface area contributed by atoms with Crippen LogP contribution in [0.2, 0.25) is 0 Å². The Kier molecular flexibility index (Phi) is 7.37. The van der Waals surface area contributed by atoms with E-state index in [0.717, 1.165) is 11.4 Å². The molecule has 0 bridgehead atoms. The van der Waals surface area contributed by atoms with Crippen molar-refractivity contribution in [3.05, 3.63) is 59.2 Å². The molecule has 1 heterocycles. The number of likely N-dealkylation sites (tertiary alicyclic amines) is 1. The number of nitrogens with zero attached hydrogens (tertiary/aromatic N) is 1. The lowest BCUT2D eigenvalue weighted by atomic mass is 9.94. The van der Waals surface area contributed by atoms with E-state index in [9.17, 15) is 9.59 Å². The van der Waals surface area contributed by atoms with E-state index >= 15 is 0 Å². The van der Waals surface area contributed by atoms with Crippen molar-refractivity contribution < 1.29 is 9.59 Å². The molecular weight excluding hydrogens is 386 g/mol. The fraction of sp³-hybridized carbons (Fsp3) is 0.462. The highest BCUT2D eigenvalue weighted by Crippen LogP contribution is 2.27. The third-order valence-electron chi connectivity index (χ3n) is 6.55. The first-order valence-corrected chi connectivity index (χ1v) is 11.3. The number of carbonyl (C=O) groups is 2. The van der Waals surface area contributed by atoms with Crippen LogP contribution < -0.4 is 10.6 Å². The van der Waals surface area contributed by atoms with Crippen LogP contribution in [0.5, 0.6) is 0 Å². The summed E-state index contributed by atoms with van der Waals surface area (Å²) in [5, 5.41) is 6.57. The third-order valence-corrected chi connectivity index (χ3v) is 6.55. The van der Waals surface area contributed by atoms with Crippen molar-refractivity contribution in [3.63, 3.8) is 0 Å². The quantitative estimate of drug-likeness (QED) is 0.685. The summed E-state index contributed by atoms with van der Waals surface area (Å²) in [5.74, 6) is 0.522. The molecule has 3 rings (SSSR count). The minimum absolute atomic E-state index is 0.0165. The van der Waals surface area contributed by atoms with Gasteiger partial charge in [0.2, 0.25) is 5.91 Å². The summed E-state index contributed by atoms with van der Waals surface area (Å²) in [5.41, 5.74) is 4.87. The van der Waals surface area contributed by atoms with E-state index < -0.39 is 0 Å². The summed E-state index contributed by atoms with van der Waals surface area (Å²) in [4.78, 5) is 27.7. The fourth-order valence-electron chi connectivity index (χ4n) is 3.83. The molecule has 1 unspecified atom stereocenters. The highest BCUT2D eigenvalue weighted by molar-refractivity contribution is 6.00. The van der Waals surface area contributed by atoms with Crippen LogP contribution in [0.25, 0.3) is 0 Å². The van der Waals surface area contributed by atoms with Crippen LogP contribution >= 0.6 is 0 Å². The summed E-state index contributed by atoms with van der Waals surface area (Å²) < 4.78 is 0. The number of benzene rings is 2. The number of piperidine rings is 1.